The summed E-state index contributed by atoms with van der Waals surface area (Å²) in [6, 6.07) is 30.9. The van der Waals surface area contributed by atoms with Crippen LogP contribution in [0.3, 0.4) is 0 Å². The quantitative estimate of drug-likeness (QED) is 0.315. The van der Waals surface area contributed by atoms with Crippen LogP contribution in [0.1, 0.15) is 30.4 Å². The molecule has 3 N–H and O–H groups in total. The molecule has 0 radical (unpaired) electrons. The first-order chi connectivity index (χ1) is 18.6. The summed E-state index contributed by atoms with van der Waals surface area (Å²) in [7, 11) is 0. The lowest BCUT2D eigenvalue weighted by Gasteiger charge is -2.38. The Bertz CT molecular complexity index is 1770. The molecule has 0 saturated heterocycles. The second-order valence-electron chi connectivity index (χ2n) is 10.2. The third-order valence-corrected chi connectivity index (χ3v) is 7.83. The van der Waals surface area contributed by atoms with Gasteiger partial charge >= 0.3 is 5.82 Å². The van der Waals surface area contributed by atoms with Gasteiger partial charge in [0.2, 0.25) is 0 Å². The number of benzene rings is 3. The Morgan fingerprint density at radius 2 is 1.63 bits per heavy atom. The summed E-state index contributed by atoms with van der Waals surface area (Å²) in [6.07, 6.45) is 7.19. The van der Waals surface area contributed by atoms with Gasteiger partial charge in [0.1, 0.15) is 5.69 Å². The molecule has 186 valence electrons. The predicted octanol–water partition coefficient (Wildman–Crippen LogP) is 5.32. The Morgan fingerprint density at radius 3 is 2.32 bits per heavy atom. The standard InChI is InChI=1S/C32H28N5O/c33-32(16-4-17-32)26-11-13-27(14-12-26)37-31-28-19-25(23-5-2-1-3-6-23)20-34-29(28)15-18-36(31)30(35-37)24-9-7-22(21-38)8-10-24/h1-3,5-15,18-20,38H,4,16-17,21,33H2/q+1. The zero-order valence-electron chi connectivity index (χ0n) is 21.0. The van der Waals surface area contributed by atoms with Gasteiger partial charge in [-0.1, -0.05) is 59.3 Å². The van der Waals surface area contributed by atoms with Crippen molar-refractivity contribution in [3.05, 3.63) is 115 Å². The van der Waals surface area contributed by atoms with Gasteiger partial charge in [0.15, 0.2) is 0 Å². The van der Waals surface area contributed by atoms with Crippen LogP contribution in [0.4, 0.5) is 0 Å². The average molecular weight is 499 g/mol. The molecule has 0 spiro atoms. The Morgan fingerprint density at radius 1 is 0.868 bits per heavy atom. The molecule has 1 aliphatic carbocycles. The lowest BCUT2D eigenvalue weighted by molar-refractivity contribution is -0.498. The number of aliphatic hydroxyl groups is 1. The molecule has 3 heterocycles. The molecule has 0 aliphatic heterocycles. The van der Waals surface area contributed by atoms with E-state index in [1.807, 2.05) is 65.6 Å². The Balaban J connectivity index is 1.47. The predicted molar refractivity (Wildman–Crippen MR) is 149 cm³/mol. The maximum Gasteiger partial charge on any atom is 0.314 e. The minimum atomic E-state index is -0.208. The number of aromatic nitrogens is 4. The molecule has 6 aromatic rings. The van der Waals surface area contributed by atoms with Crippen LogP contribution in [0.5, 0.6) is 0 Å². The minimum Gasteiger partial charge on any atom is -0.392 e. The lowest BCUT2D eigenvalue weighted by Crippen LogP contribution is -2.43. The SMILES string of the molecule is NC1(c2ccc(-n3nc(-c4ccc(CO)cc4)[n+]4ccc5ncc(-c6ccccc6)cc5c34)cc2)CCC1. The monoisotopic (exact) mass is 498 g/mol. The van der Waals surface area contributed by atoms with Gasteiger partial charge in [0, 0.05) is 17.3 Å². The summed E-state index contributed by atoms with van der Waals surface area (Å²) in [6.45, 7) is 0.0101. The van der Waals surface area contributed by atoms with Gasteiger partial charge in [-0.15, -0.1) is 0 Å². The summed E-state index contributed by atoms with van der Waals surface area (Å²) in [4.78, 5) is 4.81. The fourth-order valence-electron chi connectivity index (χ4n) is 5.42. The molecule has 0 unspecified atom stereocenters. The first kappa shape index (κ1) is 22.8. The Hall–Kier alpha value is -4.39. The van der Waals surface area contributed by atoms with Crippen molar-refractivity contribution in [2.24, 2.45) is 5.73 Å². The second kappa shape index (κ2) is 8.87. The number of aliphatic hydroxyl groups excluding tert-OH is 1. The maximum atomic E-state index is 9.52. The number of nitrogens with two attached hydrogens (primary N) is 1. The van der Waals surface area contributed by atoms with Crippen molar-refractivity contribution in [3.63, 3.8) is 0 Å². The highest BCUT2D eigenvalue weighted by Crippen LogP contribution is 2.39. The number of hydrogen-bond acceptors (Lipinski definition) is 4. The first-order valence-electron chi connectivity index (χ1n) is 13.0. The summed E-state index contributed by atoms with van der Waals surface area (Å²) < 4.78 is 4.12. The molecular weight excluding hydrogens is 470 g/mol. The zero-order chi connectivity index (χ0) is 25.7. The third kappa shape index (κ3) is 3.69. The Kier molecular flexibility index (Phi) is 5.32. The molecule has 1 saturated carbocycles. The van der Waals surface area contributed by atoms with Gasteiger partial charge in [0.25, 0.3) is 5.65 Å². The van der Waals surface area contributed by atoms with E-state index in [0.717, 1.165) is 63.2 Å². The van der Waals surface area contributed by atoms with E-state index in [-0.39, 0.29) is 12.1 Å². The highest BCUT2D eigenvalue weighted by atomic mass is 16.3. The van der Waals surface area contributed by atoms with Gasteiger partial charge in [-0.2, -0.15) is 4.40 Å². The fraction of sp³-hybridized carbons (Fsp3) is 0.156. The summed E-state index contributed by atoms with van der Waals surface area (Å²) in [5.74, 6) is 0.815. The van der Waals surface area contributed by atoms with E-state index in [2.05, 4.69) is 46.9 Å². The molecular formula is C32H28N5O+. The van der Waals surface area contributed by atoms with Gasteiger partial charge in [-0.05, 0) is 72.4 Å². The molecule has 1 aliphatic rings. The first-order valence-corrected chi connectivity index (χ1v) is 13.0. The number of rotatable bonds is 5. The molecule has 6 nitrogen and oxygen atoms in total. The van der Waals surface area contributed by atoms with Crippen molar-refractivity contribution in [1.29, 1.82) is 0 Å². The molecule has 3 aromatic heterocycles. The fourth-order valence-corrected chi connectivity index (χ4v) is 5.42. The van der Waals surface area contributed by atoms with E-state index in [1.165, 1.54) is 12.0 Å². The largest absolute Gasteiger partial charge is 0.392 e. The van der Waals surface area contributed by atoms with Crippen molar-refractivity contribution in [1.82, 2.24) is 14.8 Å². The molecule has 0 amide bonds. The maximum absolute atomic E-state index is 9.52. The number of pyridine rings is 2. The van der Waals surface area contributed by atoms with Gasteiger partial charge in [0.05, 0.1) is 34.4 Å². The summed E-state index contributed by atoms with van der Waals surface area (Å²) in [5.41, 5.74) is 14.4. The number of fused-ring (bicyclic) bond motifs is 3. The van der Waals surface area contributed by atoms with Gasteiger partial charge in [-0.25, -0.2) is 0 Å². The smallest absolute Gasteiger partial charge is 0.314 e. The molecule has 0 atom stereocenters. The summed E-state index contributed by atoms with van der Waals surface area (Å²) >= 11 is 0. The summed E-state index contributed by atoms with van der Waals surface area (Å²) in [5, 5.41) is 15.7. The van der Waals surface area contributed by atoms with Crippen LogP contribution in [0.15, 0.2) is 103 Å². The second-order valence-corrected chi connectivity index (χ2v) is 10.2. The third-order valence-electron chi connectivity index (χ3n) is 7.83. The molecule has 6 heteroatoms. The van der Waals surface area contributed by atoms with Gasteiger partial charge < -0.3 is 10.8 Å². The lowest BCUT2D eigenvalue weighted by atomic mass is 9.73. The van der Waals surface area contributed by atoms with Crippen LogP contribution >= 0.6 is 0 Å². The number of nitrogens with zero attached hydrogens (tertiary/aromatic N) is 4. The van der Waals surface area contributed by atoms with Gasteiger partial charge in [-0.3, -0.25) is 4.98 Å². The van der Waals surface area contributed by atoms with E-state index in [0.29, 0.717) is 0 Å². The van der Waals surface area contributed by atoms with E-state index in [4.69, 9.17) is 15.8 Å². The van der Waals surface area contributed by atoms with Crippen molar-refractivity contribution in [2.45, 2.75) is 31.4 Å². The van der Waals surface area contributed by atoms with E-state index in [1.54, 1.807) is 0 Å². The van der Waals surface area contributed by atoms with Crippen molar-refractivity contribution < 1.29 is 9.51 Å². The van der Waals surface area contributed by atoms with E-state index < -0.39 is 0 Å². The van der Waals surface area contributed by atoms with Crippen LogP contribution in [-0.4, -0.2) is 19.9 Å². The Labute approximate surface area is 220 Å². The van der Waals surface area contributed by atoms with Crippen molar-refractivity contribution in [2.75, 3.05) is 0 Å². The van der Waals surface area contributed by atoms with Crippen LogP contribution < -0.4 is 10.1 Å². The van der Waals surface area contributed by atoms with Crippen molar-refractivity contribution >= 4 is 16.6 Å². The highest BCUT2D eigenvalue weighted by molar-refractivity contribution is 5.93. The van der Waals surface area contributed by atoms with Crippen LogP contribution in [0.2, 0.25) is 0 Å². The average Bonchev–Trinajstić information content (AvgIpc) is 3.36. The van der Waals surface area contributed by atoms with E-state index >= 15 is 0 Å². The van der Waals surface area contributed by atoms with E-state index in [9.17, 15) is 5.11 Å². The van der Waals surface area contributed by atoms with Crippen LogP contribution in [0.25, 0.3) is 44.8 Å². The molecule has 3 aromatic carbocycles. The number of hydrogen-bond donors (Lipinski definition) is 2. The van der Waals surface area contributed by atoms with Crippen LogP contribution in [0, 0.1) is 0 Å². The van der Waals surface area contributed by atoms with Crippen LogP contribution in [-0.2, 0) is 12.1 Å². The highest BCUT2D eigenvalue weighted by Gasteiger charge is 2.34. The molecule has 1 fully saturated rings. The zero-order valence-corrected chi connectivity index (χ0v) is 21.0. The minimum absolute atomic E-state index is 0.0101. The molecule has 7 rings (SSSR count). The molecule has 0 bridgehead atoms. The normalized spacial score (nSPS) is 14.6. The topological polar surface area (TPSA) is 81.1 Å². The van der Waals surface area contributed by atoms with Crippen molar-refractivity contribution in [3.8, 4) is 28.2 Å². The molecule has 38 heavy (non-hydrogen) atoms.